The number of carbonyl (C=O) groups is 1. The Balaban J connectivity index is 1.07. The number of hydrogen-bond donors (Lipinski definition) is 2. The average molecular weight is 620 g/mol. The summed E-state index contributed by atoms with van der Waals surface area (Å²) in [6.45, 7) is 3.37. The van der Waals surface area contributed by atoms with Crippen molar-refractivity contribution in [2.24, 2.45) is 23.2 Å². The number of alkyl halides is 1. The molecule has 2 fully saturated rings. The molecule has 7 atom stereocenters. The normalized spacial score (nSPS) is 28.3. The van der Waals surface area contributed by atoms with Crippen LogP contribution >= 0.6 is 0 Å². The molecule has 6 unspecified atom stereocenters. The molecule has 3 aliphatic carbocycles. The van der Waals surface area contributed by atoms with Crippen molar-refractivity contribution in [2.75, 3.05) is 6.54 Å². The van der Waals surface area contributed by atoms with Crippen molar-refractivity contribution in [1.82, 2.24) is 4.90 Å². The largest absolute Gasteiger partial charge is 0.508 e. The number of rotatable bonds is 9. The molecule has 2 N–H and O–H groups in total. The third-order valence-electron chi connectivity index (χ3n) is 11.8. The number of fused-ring (bicyclic) bond motifs is 6. The van der Waals surface area contributed by atoms with Gasteiger partial charge < -0.3 is 15.1 Å². The Morgan fingerprint density at radius 1 is 0.913 bits per heavy atom. The van der Waals surface area contributed by atoms with Crippen LogP contribution in [0.2, 0.25) is 0 Å². The van der Waals surface area contributed by atoms with E-state index in [-0.39, 0.29) is 34.8 Å². The molecular formula is C41H46FNO3. The van der Waals surface area contributed by atoms with Gasteiger partial charge >= 0.3 is 0 Å². The van der Waals surface area contributed by atoms with Crippen LogP contribution in [0, 0.1) is 23.2 Å². The van der Waals surface area contributed by atoms with E-state index in [1.54, 1.807) is 6.07 Å². The van der Waals surface area contributed by atoms with Crippen LogP contribution in [0.4, 0.5) is 4.39 Å². The van der Waals surface area contributed by atoms with Crippen molar-refractivity contribution in [3.05, 3.63) is 113 Å². The van der Waals surface area contributed by atoms with Gasteiger partial charge in [0.2, 0.25) is 5.91 Å². The van der Waals surface area contributed by atoms with Gasteiger partial charge in [0.05, 0.1) is 12.5 Å². The number of carbonyl (C=O) groups excluding carboxylic acids is 1. The van der Waals surface area contributed by atoms with Crippen LogP contribution in [0.25, 0.3) is 10.8 Å². The number of aromatic hydroxyl groups is 1. The third kappa shape index (κ3) is 5.95. The molecule has 0 bridgehead atoms. The van der Waals surface area contributed by atoms with Crippen LogP contribution in [0.15, 0.2) is 91.0 Å². The minimum Gasteiger partial charge on any atom is -0.508 e. The van der Waals surface area contributed by atoms with Gasteiger partial charge in [-0.25, -0.2) is 4.39 Å². The van der Waals surface area contributed by atoms with E-state index in [4.69, 9.17) is 0 Å². The van der Waals surface area contributed by atoms with Gasteiger partial charge in [0, 0.05) is 19.0 Å². The fourth-order valence-corrected chi connectivity index (χ4v) is 9.47. The lowest BCUT2D eigenvalue weighted by atomic mass is 9.51. The highest BCUT2D eigenvalue weighted by atomic mass is 19.1. The van der Waals surface area contributed by atoms with E-state index in [1.165, 1.54) is 5.39 Å². The molecule has 0 spiro atoms. The fraction of sp³-hybridized carbons (Fsp3) is 0.439. The SMILES string of the molecule is C[C@]12CC(F)C3c4ccc(O)cc4CC(CCCCN(Cc4ccccc4)C(=O)Cc4ccc5ccccc5c4)C3C1CCC2O. The third-order valence-corrected chi connectivity index (χ3v) is 11.8. The zero-order valence-electron chi connectivity index (χ0n) is 26.8. The Labute approximate surface area is 272 Å². The van der Waals surface area contributed by atoms with Gasteiger partial charge in [-0.05, 0) is 107 Å². The van der Waals surface area contributed by atoms with Crippen molar-refractivity contribution < 1.29 is 19.4 Å². The zero-order valence-corrected chi connectivity index (χ0v) is 26.8. The molecule has 4 aromatic rings. The number of nitrogens with zero attached hydrogens (tertiary/aromatic N) is 1. The molecule has 3 aliphatic rings. The maximum Gasteiger partial charge on any atom is 0.227 e. The first-order chi connectivity index (χ1) is 22.3. The van der Waals surface area contributed by atoms with Gasteiger partial charge in [0.1, 0.15) is 11.9 Å². The number of aliphatic hydroxyl groups excluding tert-OH is 1. The molecule has 0 saturated heterocycles. The van der Waals surface area contributed by atoms with E-state index in [9.17, 15) is 15.0 Å². The summed E-state index contributed by atoms with van der Waals surface area (Å²) in [5.41, 5.74) is 3.90. The number of halogens is 1. The number of phenolic OH excluding ortho intramolecular Hbond substituents is 1. The summed E-state index contributed by atoms with van der Waals surface area (Å²) < 4.78 is 16.2. The summed E-state index contributed by atoms with van der Waals surface area (Å²) >= 11 is 0. The van der Waals surface area contributed by atoms with Gasteiger partial charge in [0.25, 0.3) is 0 Å². The number of unbranched alkanes of at least 4 members (excludes halogenated alkanes) is 1. The zero-order chi connectivity index (χ0) is 31.8. The number of amides is 1. The summed E-state index contributed by atoms with van der Waals surface area (Å²) in [7, 11) is 0. The van der Waals surface area contributed by atoms with Crippen LogP contribution in [0.1, 0.15) is 73.6 Å². The van der Waals surface area contributed by atoms with Crippen molar-refractivity contribution in [3.63, 3.8) is 0 Å². The van der Waals surface area contributed by atoms with Gasteiger partial charge in [-0.1, -0.05) is 92.2 Å². The number of hydrogen-bond acceptors (Lipinski definition) is 3. The monoisotopic (exact) mass is 619 g/mol. The molecular weight excluding hydrogens is 573 g/mol. The lowest BCUT2D eigenvalue weighted by Crippen LogP contribution is -2.51. The molecule has 0 heterocycles. The molecule has 0 radical (unpaired) electrons. The molecule has 46 heavy (non-hydrogen) atoms. The maximum absolute atomic E-state index is 16.2. The van der Waals surface area contributed by atoms with Gasteiger partial charge in [-0.3, -0.25) is 4.79 Å². The summed E-state index contributed by atoms with van der Waals surface area (Å²) in [4.78, 5) is 15.8. The minimum atomic E-state index is -1.00. The molecule has 240 valence electrons. The van der Waals surface area contributed by atoms with Crippen molar-refractivity contribution in [2.45, 2.75) is 83.0 Å². The molecule has 2 saturated carbocycles. The van der Waals surface area contributed by atoms with Gasteiger partial charge in [-0.15, -0.1) is 0 Å². The molecule has 5 heteroatoms. The molecule has 7 rings (SSSR count). The van der Waals surface area contributed by atoms with Crippen molar-refractivity contribution in [1.29, 1.82) is 0 Å². The van der Waals surface area contributed by atoms with E-state index in [1.807, 2.05) is 47.4 Å². The van der Waals surface area contributed by atoms with Gasteiger partial charge in [0.15, 0.2) is 0 Å². The average Bonchev–Trinajstić information content (AvgIpc) is 3.35. The van der Waals surface area contributed by atoms with E-state index < -0.39 is 12.3 Å². The predicted octanol–water partition coefficient (Wildman–Crippen LogP) is 8.38. The molecule has 4 nitrogen and oxygen atoms in total. The van der Waals surface area contributed by atoms with Crippen molar-refractivity contribution in [3.8, 4) is 5.75 Å². The second-order valence-corrected chi connectivity index (χ2v) is 14.5. The van der Waals surface area contributed by atoms with Crippen LogP contribution in [-0.2, 0) is 24.2 Å². The summed E-state index contributed by atoms with van der Waals surface area (Å²) in [6, 6.07) is 30.2. The molecule has 0 aromatic heterocycles. The molecule has 0 aliphatic heterocycles. The second-order valence-electron chi connectivity index (χ2n) is 14.5. The Bertz CT molecular complexity index is 1690. The first kappa shape index (κ1) is 30.9. The maximum atomic E-state index is 16.2. The first-order valence-electron chi connectivity index (χ1n) is 17.2. The summed E-state index contributed by atoms with van der Waals surface area (Å²) in [6.07, 6.45) is 4.62. The highest BCUT2D eigenvalue weighted by Gasteiger charge is 2.59. The van der Waals surface area contributed by atoms with Crippen LogP contribution < -0.4 is 0 Å². The van der Waals surface area contributed by atoms with E-state index in [0.717, 1.165) is 66.2 Å². The van der Waals surface area contributed by atoms with E-state index in [0.29, 0.717) is 31.8 Å². The second kappa shape index (κ2) is 12.8. The van der Waals surface area contributed by atoms with Gasteiger partial charge in [-0.2, -0.15) is 0 Å². The molecule has 4 aromatic carbocycles. The number of aliphatic hydroxyl groups is 1. The minimum absolute atomic E-state index is 0.129. The van der Waals surface area contributed by atoms with E-state index >= 15 is 4.39 Å². The first-order valence-corrected chi connectivity index (χ1v) is 17.2. The Kier molecular flexibility index (Phi) is 8.63. The Morgan fingerprint density at radius 3 is 2.52 bits per heavy atom. The highest BCUT2D eigenvalue weighted by Crippen LogP contribution is 2.63. The topological polar surface area (TPSA) is 60.8 Å². The Morgan fingerprint density at radius 2 is 1.70 bits per heavy atom. The van der Waals surface area contributed by atoms with Crippen LogP contribution in [-0.4, -0.2) is 39.8 Å². The number of benzene rings is 4. The lowest BCUT2D eigenvalue weighted by Gasteiger charge is -2.54. The fourth-order valence-electron chi connectivity index (χ4n) is 9.47. The highest BCUT2D eigenvalue weighted by molar-refractivity contribution is 5.85. The summed E-state index contributed by atoms with van der Waals surface area (Å²) in [5, 5.41) is 23.6. The van der Waals surface area contributed by atoms with Crippen LogP contribution in [0.3, 0.4) is 0 Å². The van der Waals surface area contributed by atoms with E-state index in [2.05, 4.69) is 49.4 Å². The van der Waals surface area contributed by atoms with Crippen molar-refractivity contribution >= 4 is 16.7 Å². The number of phenols is 1. The summed E-state index contributed by atoms with van der Waals surface area (Å²) in [5.74, 6) is 0.941. The van der Waals surface area contributed by atoms with Crippen LogP contribution in [0.5, 0.6) is 5.75 Å². The predicted molar refractivity (Wildman–Crippen MR) is 181 cm³/mol. The standard InChI is InChI=1S/C41H46FNO3/c1-41-25-36(42)40-34-17-16-33(44)24-32(34)23-31(39(40)35(41)18-19-37(41)45)13-7-8-20-43(26-27-9-3-2-4-10-27)38(46)22-28-14-15-29-11-5-6-12-30(29)21-28/h2-6,9-12,14-17,21,24,31,35-37,39-40,44-45H,7-8,13,18-20,22-23,25-26H2,1H3/t31?,35?,36?,37?,39?,40?,41-/m0/s1. The molecule has 1 amide bonds. The quantitative estimate of drug-likeness (QED) is 0.185. The smallest absolute Gasteiger partial charge is 0.227 e. The lowest BCUT2D eigenvalue weighted by molar-refractivity contribution is -0.131. The Hall–Kier alpha value is -3.70.